The molecule has 6 rings (SSSR count). The first-order chi connectivity index (χ1) is 17.6. The lowest BCUT2D eigenvalue weighted by atomic mass is 10.1. The van der Waals surface area contributed by atoms with Gasteiger partial charge < -0.3 is 9.80 Å². The Morgan fingerprint density at radius 1 is 0.694 bits per heavy atom. The molecule has 5 aromatic rings. The van der Waals surface area contributed by atoms with E-state index in [2.05, 4.69) is 60.0 Å². The van der Waals surface area contributed by atoms with Gasteiger partial charge in [-0.15, -0.1) is 0 Å². The number of benzene rings is 3. The second-order valence-electron chi connectivity index (χ2n) is 9.37. The minimum absolute atomic E-state index is 0.273. The van der Waals surface area contributed by atoms with Crippen LogP contribution in [0.3, 0.4) is 0 Å². The van der Waals surface area contributed by atoms with Crippen molar-refractivity contribution in [3.05, 3.63) is 102 Å². The molecule has 3 aromatic carbocycles. The highest BCUT2D eigenvalue weighted by atomic mass is 19.1. The van der Waals surface area contributed by atoms with Gasteiger partial charge in [-0.25, -0.2) is 9.37 Å². The molecule has 0 N–H and O–H groups in total. The quantitative estimate of drug-likeness (QED) is 0.311. The Kier molecular flexibility index (Phi) is 5.64. The Hall–Kier alpha value is -4.19. The van der Waals surface area contributed by atoms with Crippen LogP contribution in [0.4, 0.5) is 15.9 Å². The highest BCUT2D eigenvalue weighted by Crippen LogP contribution is 2.30. The van der Waals surface area contributed by atoms with E-state index in [0.717, 1.165) is 54.5 Å². The van der Waals surface area contributed by atoms with Gasteiger partial charge in [0.05, 0.1) is 11.4 Å². The van der Waals surface area contributed by atoms with Crippen molar-refractivity contribution >= 4 is 17.2 Å². The number of halogens is 1. The van der Waals surface area contributed by atoms with Gasteiger partial charge in [0.2, 0.25) is 0 Å². The SMILES string of the molecule is Cc1cccc(N2CCN(c3cc(-c4ccccc4)nc4cc(-c5cccc(F)c5)nn34)CC2)c1C. The lowest BCUT2D eigenvalue weighted by molar-refractivity contribution is 0.628. The van der Waals surface area contributed by atoms with E-state index in [1.807, 2.05) is 34.8 Å². The number of hydrogen-bond donors (Lipinski definition) is 0. The minimum atomic E-state index is -0.273. The predicted octanol–water partition coefficient (Wildman–Crippen LogP) is 6.15. The number of rotatable bonds is 4. The van der Waals surface area contributed by atoms with Crippen molar-refractivity contribution in [1.82, 2.24) is 14.6 Å². The second-order valence-corrected chi connectivity index (χ2v) is 9.37. The molecular weight excluding hydrogens is 449 g/mol. The third-order valence-electron chi connectivity index (χ3n) is 7.12. The maximum atomic E-state index is 13.9. The summed E-state index contributed by atoms with van der Waals surface area (Å²) in [6.45, 7) is 7.96. The third-order valence-corrected chi connectivity index (χ3v) is 7.12. The summed E-state index contributed by atoms with van der Waals surface area (Å²) in [7, 11) is 0. The Balaban J connectivity index is 1.39. The summed E-state index contributed by atoms with van der Waals surface area (Å²) in [5, 5.41) is 4.87. The molecule has 3 heterocycles. The molecule has 0 aliphatic carbocycles. The highest BCUT2D eigenvalue weighted by molar-refractivity contribution is 5.71. The molecule has 1 aliphatic heterocycles. The van der Waals surface area contributed by atoms with Crippen LogP contribution >= 0.6 is 0 Å². The van der Waals surface area contributed by atoms with Crippen molar-refractivity contribution in [2.45, 2.75) is 13.8 Å². The zero-order valence-corrected chi connectivity index (χ0v) is 20.5. The molecule has 0 bridgehead atoms. The van der Waals surface area contributed by atoms with Crippen LogP contribution in [0.5, 0.6) is 0 Å². The number of piperazine rings is 1. The van der Waals surface area contributed by atoms with E-state index in [0.29, 0.717) is 5.69 Å². The third kappa shape index (κ3) is 4.09. The van der Waals surface area contributed by atoms with E-state index < -0.39 is 0 Å². The molecular formula is C30H28FN5. The van der Waals surface area contributed by atoms with Crippen molar-refractivity contribution < 1.29 is 4.39 Å². The van der Waals surface area contributed by atoms with Gasteiger partial charge in [-0.05, 0) is 43.2 Å². The Morgan fingerprint density at radius 3 is 2.19 bits per heavy atom. The summed E-state index contributed by atoms with van der Waals surface area (Å²) in [4.78, 5) is 9.77. The molecule has 1 fully saturated rings. The van der Waals surface area contributed by atoms with Crippen LogP contribution in [0.25, 0.3) is 28.2 Å². The maximum absolute atomic E-state index is 13.9. The van der Waals surface area contributed by atoms with Crippen molar-refractivity contribution in [1.29, 1.82) is 0 Å². The molecule has 1 aliphatic rings. The van der Waals surface area contributed by atoms with Gasteiger partial charge in [0.15, 0.2) is 5.65 Å². The number of aromatic nitrogens is 3. The van der Waals surface area contributed by atoms with Crippen LogP contribution in [0.2, 0.25) is 0 Å². The van der Waals surface area contributed by atoms with E-state index in [4.69, 9.17) is 10.1 Å². The summed E-state index contributed by atoms with van der Waals surface area (Å²) in [5.74, 6) is 0.729. The molecule has 180 valence electrons. The number of anilines is 2. The molecule has 0 unspecified atom stereocenters. The fourth-order valence-corrected chi connectivity index (χ4v) is 4.98. The van der Waals surface area contributed by atoms with Crippen LogP contribution in [0, 0.1) is 19.7 Å². The molecule has 0 saturated carbocycles. The number of hydrogen-bond acceptors (Lipinski definition) is 4. The standard InChI is InChI=1S/C30H28FN5/c1-21-8-6-13-28(22(21)2)34-14-16-35(17-15-34)30-20-26(23-9-4-3-5-10-23)32-29-19-27(33-36(29)30)24-11-7-12-25(31)18-24/h3-13,18-20H,14-17H2,1-2H3. The molecule has 36 heavy (non-hydrogen) atoms. The molecule has 5 nitrogen and oxygen atoms in total. The molecule has 0 radical (unpaired) electrons. The van der Waals surface area contributed by atoms with Crippen LogP contribution in [0.15, 0.2) is 84.9 Å². The lowest BCUT2D eigenvalue weighted by Crippen LogP contribution is -2.47. The van der Waals surface area contributed by atoms with E-state index in [1.165, 1.54) is 28.9 Å². The topological polar surface area (TPSA) is 36.7 Å². The number of nitrogens with zero attached hydrogens (tertiary/aromatic N) is 5. The molecule has 1 saturated heterocycles. The molecule has 6 heteroatoms. The summed E-state index contributed by atoms with van der Waals surface area (Å²) in [6.07, 6.45) is 0. The van der Waals surface area contributed by atoms with Gasteiger partial charge in [-0.3, -0.25) is 0 Å². The first-order valence-corrected chi connectivity index (χ1v) is 12.3. The monoisotopic (exact) mass is 477 g/mol. The van der Waals surface area contributed by atoms with Crippen LogP contribution in [-0.4, -0.2) is 40.8 Å². The van der Waals surface area contributed by atoms with Crippen LogP contribution in [-0.2, 0) is 0 Å². The van der Waals surface area contributed by atoms with E-state index in [-0.39, 0.29) is 5.82 Å². The first-order valence-electron chi connectivity index (χ1n) is 12.3. The second kappa shape index (κ2) is 9.11. The zero-order chi connectivity index (χ0) is 24.6. The maximum Gasteiger partial charge on any atom is 0.158 e. The normalized spacial score (nSPS) is 14.0. The van der Waals surface area contributed by atoms with Crippen molar-refractivity contribution in [3.63, 3.8) is 0 Å². The Morgan fingerprint density at radius 2 is 1.42 bits per heavy atom. The van der Waals surface area contributed by atoms with Gasteiger partial charge in [0.1, 0.15) is 11.6 Å². The first kappa shape index (κ1) is 22.3. The van der Waals surface area contributed by atoms with Gasteiger partial charge >= 0.3 is 0 Å². The van der Waals surface area contributed by atoms with Crippen molar-refractivity contribution in [3.8, 4) is 22.5 Å². The van der Waals surface area contributed by atoms with Gasteiger partial charge in [0.25, 0.3) is 0 Å². The van der Waals surface area contributed by atoms with Crippen LogP contribution < -0.4 is 9.80 Å². The highest BCUT2D eigenvalue weighted by Gasteiger charge is 2.23. The smallest absolute Gasteiger partial charge is 0.158 e. The molecule has 2 aromatic heterocycles. The van der Waals surface area contributed by atoms with E-state index in [9.17, 15) is 4.39 Å². The van der Waals surface area contributed by atoms with Gasteiger partial charge in [0, 0.05) is 55.1 Å². The lowest BCUT2D eigenvalue weighted by Gasteiger charge is -2.38. The molecule has 0 spiro atoms. The van der Waals surface area contributed by atoms with Crippen LogP contribution in [0.1, 0.15) is 11.1 Å². The molecule has 0 amide bonds. The fourth-order valence-electron chi connectivity index (χ4n) is 4.98. The average Bonchev–Trinajstić information content (AvgIpc) is 3.35. The summed E-state index contributed by atoms with van der Waals surface area (Å²) < 4.78 is 15.8. The minimum Gasteiger partial charge on any atom is -0.368 e. The number of fused-ring (bicyclic) bond motifs is 1. The Labute approximate surface area is 210 Å². The average molecular weight is 478 g/mol. The largest absolute Gasteiger partial charge is 0.368 e. The van der Waals surface area contributed by atoms with E-state index >= 15 is 0 Å². The fraction of sp³-hybridized carbons (Fsp3) is 0.200. The predicted molar refractivity (Wildman–Crippen MR) is 144 cm³/mol. The van der Waals surface area contributed by atoms with Crippen molar-refractivity contribution in [2.24, 2.45) is 0 Å². The summed E-state index contributed by atoms with van der Waals surface area (Å²) in [5.41, 5.74) is 8.14. The van der Waals surface area contributed by atoms with Gasteiger partial charge in [-0.1, -0.05) is 54.6 Å². The zero-order valence-electron chi connectivity index (χ0n) is 20.5. The summed E-state index contributed by atoms with van der Waals surface area (Å²) >= 11 is 0. The van der Waals surface area contributed by atoms with Gasteiger partial charge in [-0.2, -0.15) is 9.61 Å². The Bertz CT molecular complexity index is 1530. The number of aryl methyl sites for hydroxylation is 1. The summed E-state index contributed by atoms with van der Waals surface area (Å²) in [6, 6.07) is 27.4. The van der Waals surface area contributed by atoms with Crippen molar-refractivity contribution in [2.75, 3.05) is 36.0 Å². The van der Waals surface area contributed by atoms with E-state index in [1.54, 1.807) is 6.07 Å². The molecule has 0 atom stereocenters.